The van der Waals surface area contributed by atoms with Crippen molar-refractivity contribution in [1.82, 2.24) is 9.78 Å². The van der Waals surface area contributed by atoms with Crippen molar-refractivity contribution in [2.24, 2.45) is 0 Å². The van der Waals surface area contributed by atoms with Gasteiger partial charge in [-0.05, 0) is 24.3 Å². The molecule has 3 nitrogen and oxygen atoms in total. The van der Waals surface area contributed by atoms with Gasteiger partial charge in [0.15, 0.2) is 0 Å². The van der Waals surface area contributed by atoms with Crippen LogP contribution in [-0.2, 0) is 0 Å². The number of aromatic nitrogens is 2. The number of anilines is 1. The zero-order chi connectivity index (χ0) is 15.9. The molecule has 0 unspecified atom stereocenters. The first-order valence-corrected chi connectivity index (χ1v) is 8.15. The largest absolute Gasteiger partial charge is 0.384 e. The number of hydrogen-bond donors (Lipinski definition) is 1. The molecule has 22 heavy (non-hydrogen) atoms. The first kappa shape index (κ1) is 15.7. The van der Waals surface area contributed by atoms with Crippen molar-refractivity contribution in [3.05, 3.63) is 62.0 Å². The Bertz CT molecular complexity index is 821. The lowest BCUT2D eigenvalue weighted by Gasteiger charge is -2.09. The van der Waals surface area contributed by atoms with Crippen LogP contribution in [0.3, 0.4) is 0 Å². The molecular weight excluding hydrogens is 408 g/mol. The minimum atomic E-state index is 0.384. The number of rotatable bonds is 2. The first-order valence-electron chi connectivity index (χ1n) is 6.22. The zero-order valence-electron chi connectivity index (χ0n) is 11.0. The molecule has 0 bridgehead atoms. The molecule has 1 heterocycles. The normalized spacial score (nSPS) is 10.9. The molecule has 0 aliphatic rings. The fourth-order valence-corrected chi connectivity index (χ4v) is 3.31. The van der Waals surface area contributed by atoms with E-state index in [1.165, 1.54) is 4.68 Å². The SMILES string of the molecule is Nc1cc(-c2ccc(Br)cc2)nn1-c1c(Cl)cc(Cl)cc1Cl. The van der Waals surface area contributed by atoms with E-state index in [-0.39, 0.29) is 0 Å². The van der Waals surface area contributed by atoms with Gasteiger partial charge in [-0.1, -0.05) is 62.9 Å². The van der Waals surface area contributed by atoms with E-state index in [0.717, 1.165) is 15.7 Å². The van der Waals surface area contributed by atoms with E-state index in [0.29, 0.717) is 26.6 Å². The Morgan fingerprint density at radius 2 is 1.55 bits per heavy atom. The Morgan fingerprint density at radius 3 is 2.14 bits per heavy atom. The molecule has 0 spiro atoms. The number of nitrogens with two attached hydrogens (primary N) is 1. The number of halogens is 4. The molecule has 0 saturated carbocycles. The van der Waals surface area contributed by atoms with Crippen molar-refractivity contribution in [3.63, 3.8) is 0 Å². The molecule has 0 saturated heterocycles. The van der Waals surface area contributed by atoms with Crippen LogP contribution < -0.4 is 5.73 Å². The van der Waals surface area contributed by atoms with E-state index in [1.807, 2.05) is 24.3 Å². The fourth-order valence-electron chi connectivity index (χ4n) is 2.07. The molecule has 0 radical (unpaired) electrons. The summed E-state index contributed by atoms with van der Waals surface area (Å²) in [6, 6.07) is 12.7. The van der Waals surface area contributed by atoms with Gasteiger partial charge in [-0.25, -0.2) is 4.68 Å². The third-order valence-electron chi connectivity index (χ3n) is 3.07. The van der Waals surface area contributed by atoms with Gasteiger partial charge < -0.3 is 5.73 Å². The van der Waals surface area contributed by atoms with Crippen LogP contribution in [0.15, 0.2) is 46.9 Å². The van der Waals surface area contributed by atoms with Gasteiger partial charge in [-0.15, -0.1) is 0 Å². The van der Waals surface area contributed by atoms with Gasteiger partial charge >= 0.3 is 0 Å². The lowest BCUT2D eigenvalue weighted by molar-refractivity contribution is 0.895. The highest BCUT2D eigenvalue weighted by Gasteiger charge is 2.15. The van der Waals surface area contributed by atoms with Crippen molar-refractivity contribution in [3.8, 4) is 16.9 Å². The molecule has 0 amide bonds. The molecule has 0 aliphatic heterocycles. The van der Waals surface area contributed by atoms with Crippen molar-refractivity contribution in [2.75, 3.05) is 5.73 Å². The van der Waals surface area contributed by atoms with Crippen LogP contribution in [0.25, 0.3) is 16.9 Å². The topological polar surface area (TPSA) is 43.8 Å². The second kappa shape index (κ2) is 6.13. The van der Waals surface area contributed by atoms with Crippen LogP contribution in [0.5, 0.6) is 0 Å². The molecule has 3 rings (SSSR count). The Kier molecular flexibility index (Phi) is 4.37. The summed E-state index contributed by atoms with van der Waals surface area (Å²) in [5.41, 5.74) is 8.23. The molecule has 112 valence electrons. The summed E-state index contributed by atoms with van der Waals surface area (Å²) in [4.78, 5) is 0. The van der Waals surface area contributed by atoms with E-state index in [4.69, 9.17) is 40.5 Å². The van der Waals surface area contributed by atoms with Crippen LogP contribution in [0.2, 0.25) is 15.1 Å². The molecule has 2 aromatic carbocycles. The van der Waals surface area contributed by atoms with Crippen LogP contribution >= 0.6 is 50.7 Å². The highest BCUT2D eigenvalue weighted by Crippen LogP contribution is 2.34. The van der Waals surface area contributed by atoms with Crippen molar-refractivity contribution >= 4 is 56.6 Å². The number of nitrogen functional groups attached to an aromatic ring is 1. The summed E-state index contributed by atoms with van der Waals surface area (Å²) in [5.74, 6) is 0.434. The maximum atomic E-state index is 6.23. The summed E-state index contributed by atoms with van der Waals surface area (Å²) < 4.78 is 2.51. The molecule has 3 aromatic rings. The van der Waals surface area contributed by atoms with E-state index in [9.17, 15) is 0 Å². The van der Waals surface area contributed by atoms with Gasteiger partial charge in [-0.3, -0.25) is 0 Å². The van der Waals surface area contributed by atoms with Crippen molar-refractivity contribution < 1.29 is 0 Å². The monoisotopic (exact) mass is 415 g/mol. The number of benzene rings is 2. The third kappa shape index (κ3) is 2.97. The molecule has 0 fully saturated rings. The summed E-state index contributed by atoms with van der Waals surface area (Å²) >= 11 is 21.8. The molecule has 7 heteroatoms. The molecule has 1 aromatic heterocycles. The van der Waals surface area contributed by atoms with Gasteiger partial charge in [-0.2, -0.15) is 5.10 Å². The molecular formula is C15H9BrCl3N3. The Balaban J connectivity index is 2.12. The summed E-state index contributed by atoms with van der Waals surface area (Å²) in [5, 5.41) is 5.72. The minimum Gasteiger partial charge on any atom is -0.384 e. The predicted octanol–water partition coefficient (Wildman–Crippen LogP) is 5.84. The molecule has 2 N–H and O–H groups in total. The second-order valence-corrected chi connectivity index (χ2v) is 6.76. The van der Waals surface area contributed by atoms with Crippen molar-refractivity contribution in [2.45, 2.75) is 0 Å². The quantitative estimate of drug-likeness (QED) is 0.569. The summed E-state index contributed by atoms with van der Waals surface area (Å²) in [7, 11) is 0. The maximum Gasteiger partial charge on any atom is 0.127 e. The van der Waals surface area contributed by atoms with Crippen LogP contribution in [0, 0.1) is 0 Å². The van der Waals surface area contributed by atoms with Gasteiger partial charge in [0.2, 0.25) is 0 Å². The minimum absolute atomic E-state index is 0.384. The van der Waals surface area contributed by atoms with Crippen molar-refractivity contribution in [1.29, 1.82) is 0 Å². The fraction of sp³-hybridized carbons (Fsp3) is 0. The van der Waals surface area contributed by atoms with Gasteiger partial charge in [0.25, 0.3) is 0 Å². The highest BCUT2D eigenvalue weighted by molar-refractivity contribution is 9.10. The zero-order valence-corrected chi connectivity index (χ0v) is 14.9. The Morgan fingerprint density at radius 1 is 0.955 bits per heavy atom. The Hall–Kier alpha value is -1.20. The average Bonchev–Trinajstić information content (AvgIpc) is 2.80. The molecule has 0 atom stereocenters. The summed E-state index contributed by atoms with van der Waals surface area (Å²) in [6.45, 7) is 0. The van der Waals surface area contributed by atoms with Gasteiger partial charge in [0, 0.05) is 21.1 Å². The van der Waals surface area contributed by atoms with E-state index in [1.54, 1.807) is 18.2 Å². The van der Waals surface area contributed by atoms with E-state index < -0.39 is 0 Å². The standard InChI is InChI=1S/C15H9BrCl3N3/c16-9-3-1-8(2-4-9)13-7-14(20)22(21-13)15-11(18)5-10(17)6-12(15)19/h1-7H,20H2. The number of nitrogens with zero attached hydrogens (tertiary/aromatic N) is 2. The highest BCUT2D eigenvalue weighted by atomic mass is 79.9. The van der Waals surface area contributed by atoms with Crippen LogP contribution in [0.1, 0.15) is 0 Å². The van der Waals surface area contributed by atoms with Gasteiger partial charge in [0.1, 0.15) is 11.5 Å². The van der Waals surface area contributed by atoms with Gasteiger partial charge in [0.05, 0.1) is 15.7 Å². The Labute approximate surface area is 150 Å². The lowest BCUT2D eigenvalue weighted by Crippen LogP contribution is -2.03. The number of hydrogen-bond acceptors (Lipinski definition) is 2. The average molecular weight is 418 g/mol. The first-order chi connectivity index (χ1) is 10.5. The van der Waals surface area contributed by atoms with E-state index >= 15 is 0 Å². The van der Waals surface area contributed by atoms with Crippen LogP contribution in [-0.4, -0.2) is 9.78 Å². The van der Waals surface area contributed by atoms with E-state index in [2.05, 4.69) is 21.0 Å². The second-order valence-electron chi connectivity index (χ2n) is 4.59. The predicted molar refractivity (Wildman–Crippen MR) is 96.1 cm³/mol. The third-order valence-corrected chi connectivity index (χ3v) is 4.39. The lowest BCUT2D eigenvalue weighted by atomic mass is 10.2. The maximum absolute atomic E-state index is 6.23. The smallest absolute Gasteiger partial charge is 0.127 e. The van der Waals surface area contributed by atoms with Crippen LogP contribution in [0.4, 0.5) is 5.82 Å². The summed E-state index contributed by atoms with van der Waals surface area (Å²) in [6.07, 6.45) is 0. The molecule has 0 aliphatic carbocycles.